The van der Waals surface area contributed by atoms with E-state index in [1.807, 2.05) is 0 Å². The Kier molecular flexibility index (Phi) is 47.9. The van der Waals surface area contributed by atoms with Crippen LogP contribution in [0, 0.1) is 0 Å². The maximum atomic E-state index is 12.8. The Bertz CT molecular complexity index is 1180. The van der Waals surface area contributed by atoms with E-state index >= 15 is 0 Å². The molecule has 62 heavy (non-hydrogen) atoms. The van der Waals surface area contributed by atoms with Gasteiger partial charge in [0.2, 0.25) is 0 Å². The van der Waals surface area contributed by atoms with Crippen LogP contribution in [0.3, 0.4) is 0 Å². The van der Waals surface area contributed by atoms with Crippen molar-refractivity contribution < 1.29 is 28.6 Å². The second-order valence-corrected chi connectivity index (χ2v) is 17.1. The fourth-order valence-corrected chi connectivity index (χ4v) is 7.05. The van der Waals surface area contributed by atoms with Crippen molar-refractivity contribution in [2.75, 3.05) is 13.2 Å². The minimum absolute atomic E-state index is 0.0869. The van der Waals surface area contributed by atoms with Crippen molar-refractivity contribution >= 4 is 17.9 Å². The van der Waals surface area contributed by atoms with E-state index in [0.29, 0.717) is 19.3 Å². The lowest BCUT2D eigenvalue weighted by Crippen LogP contribution is -2.30. The summed E-state index contributed by atoms with van der Waals surface area (Å²) in [4.78, 5) is 37.7. The first-order chi connectivity index (χ1) is 30.5. The van der Waals surface area contributed by atoms with Crippen LogP contribution in [0.15, 0.2) is 72.9 Å². The van der Waals surface area contributed by atoms with Gasteiger partial charge in [0.25, 0.3) is 0 Å². The molecule has 0 radical (unpaired) electrons. The van der Waals surface area contributed by atoms with E-state index in [1.54, 1.807) is 0 Å². The third kappa shape index (κ3) is 47.9. The number of hydrogen-bond acceptors (Lipinski definition) is 6. The van der Waals surface area contributed by atoms with Crippen LogP contribution in [0.4, 0.5) is 0 Å². The van der Waals surface area contributed by atoms with Crippen LogP contribution < -0.4 is 0 Å². The Morgan fingerprint density at radius 3 is 1.02 bits per heavy atom. The minimum atomic E-state index is -0.786. The molecule has 0 aromatic carbocycles. The molecule has 0 saturated carbocycles. The molecule has 0 rings (SSSR count). The third-order valence-electron chi connectivity index (χ3n) is 10.9. The lowest BCUT2D eigenvalue weighted by atomic mass is 10.1. The summed E-state index contributed by atoms with van der Waals surface area (Å²) in [6.45, 7) is 6.43. The summed E-state index contributed by atoms with van der Waals surface area (Å²) in [6.07, 6.45) is 63.4. The van der Waals surface area contributed by atoms with Crippen molar-refractivity contribution in [3.63, 3.8) is 0 Å². The van der Waals surface area contributed by atoms with Gasteiger partial charge in [-0.1, -0.05) is 209 Å². The number of carbonyl (C=O) groups excluding carboxylic acids is 3. The molecule has 0 aliphatic heterocycles. The van der Waals surface area contributed by atoms with Crippen LogP contribution in [0.2, 0.25) is 0 Å². The predicted molar refractivity (Wildman–Crippen MR) is 265 cm³/mol. The molecule has 0 spiro atoms. The molecular weight excluding hydrogens is 769 g/mol. The fourth-order valence-electron chi connectivity index (χ4n) is 7.05. The highest BCUT2D eigenvalue weighted by atomic mass is 16.6. The molecule has 0 aromatic rings. The van der Waals surface area contributed by atoms with Crippen LogP contribution in [-0.2, 0) is 28.6 Å². The zero-order valence-electron chi connectivity index (χ0n) is 40.6. The van der Waals surface area contributed by atoms with Gasteiger partial charge >= 0.3 is 17.9 Å². The highest BCUT2D eigenvalue weighted by Crippen LogP contribution is 2.14. The van der Waals surface area contributed by atoms with E-state index < -0.39 is 6.10 Å². The molecule has 356 valence electrons. The van der Waals surface area contributed by atoms with E-state index in [0.717, 1.165) is 96.3 Å². The zero-order valence-corrected chi connectivity index (χ0v) is 40.6. The molecular formula is C56H96O6. The monoisotopic (exact) mass is 865 g/mol. The van der Waals surface area contributed by atoms with Crippen LogP contribution in [0.1, 0.15) is 245 Å². The largest absolute Gasteiger partial charge is 0.462 e. The molecule has 6 heteroatoms. The number of unbranched alkanes of at least 4 members (excludes halogenated alkanes) is 23. The number of ether oxygens (including phenoxy) is 3. The maximum absolute atomic E-state index is 12.8. The average Bonchev–Trinajstić information content (AvgIpc) is 3.27. The summed E-state index contributed by atoms with van der Waals surface area (Å²) in [6, 6.07) is 0. The molecule has 0 aliphatic rings. The van der Waals surface area contributed by atoms with Crippen molar-refractivity contribution in [1.82, 2.24) is 0 Å². The minimum Gasteiger partial charge on any atom is -0.462 e. The summed E-state index contributed by atoms with van der Waals surface area (Å²) in [7, 11) is 0. The van der Waals surface area contributed by atoms with E-state index in [2.05, 4.69) is 93.7 Å². The first-order valence-electron chi connectivity index (χ1n) is 25.9. The standard InChI is InChI=1S/C56H96O6/c1-4-7-10-13-16-18-20-22-24-26-28-30-32-34-36-38-40-43-46-49-55(58)61-52-53(51-60-54(57)48-45-42-15-12-9-6-3)62-56(59)50-47-44-41-39-37-35-33-31-29-27-25-23-21-19-17-14-11-8-5-2/h7,10,16,18,22-25,28,30,34,36,53H,4-6,8-9,11-15,17,19-21,26-27,29,31-33,35,37-52H2,1-3H3/b10-7-,18-16-,24-22-,25-23-,30-28-,36-34-. The van der Waals surface area contributed by atoms with E-state index in [-0.39, 0.29) is 31.1 Å². The molecule has 0 aliphatic carbocycles. The van der Waals surface area contributed by atoms with Crippen LogP contribution in [0.5, 0.6) is 0 Å². The SMILES string of the molecule is CC/C=C\C/C=C\C/C=C\C/C=C\C/C=C\CCCCCC(=O)OCC(COC(=O)CCCCCCCC)OC(=O)CCCCCCCCCCC/C=C\CCCCCCCC. The van der Waals surface area contributed by atoms with Gasteiger partial charge in [-0.2, -0.15) is 0 Å². The fraction of sp³-hybridized carbons (Fsp3) is 0.732. The molecule has 1 unspecified atom stereocenters. The van der Waals surface area contributed by atoms with Gasteiger partial charge in [-0.25, -0.2) is 0 Å². The quantitative estimate of drug-likeness (QED) is 0.0262. The number of rotatable bonds is 46. The van der Waals surface area contributed by atoms with Gasteiger partial charge < -0.3 is 14.2 Å². The zero-order chi connectivity index (χ0) is 45.1. The second-order valence-electron chi connectivity index (χ2n) is 17.1. The summed E-state index contributed by atoms with van der Waals surface area (Å²) < 4.78 is 16.7. The Morgan fingerprint density at radius 2 is 0.629 bits per heavy atom. The summed E-state index contributed by atoms with van der Waals surface area (Å²) in [5.41, 5.74) is 0. The van der Waals surface area contributed by atoms with Gasteiger partial charge in [-0.3, -0.25) is 14.4 Å². The summed E-state index contributed by atoms with van der Waals surface area (Å²) >= 11 is 0. The molecule has 0 bridgehead atoms. The molecule has 0 N–H and O–H groups in total. The summed E-state index contributed by atoms with van der Waals surface area (Å²) in [5, 5.41) is 0. The predicted octanol–water partition coefficient (Wildman–Crippen LogP) is 17.0. The normalized spacial score (nSPS) is 12.6. The Balaban J connectivity index is 4.27. The van der Waals surface area contributed by atoms with Crippen molar-refractivity contribution in [2.45, 2.75) is 252 Å². The molecule has 0 heterocycles. The lowest BCUT2D eigenvalue weighted by molar-refractivity contribution is -0.167. The first-order valence-corrected chi connectivity index (χ1v) is 25.9. The maximum Gasteiger partial charge on any atom is 0.306 e. The molecule has 0 fully saturated rings. The van der Waals surface area contributed by atoms with Crippen molar-refractivity contribution in [2.24, 2.45) is 0 Å². The smallest absolute Gasteiger partial charge is 0.306 e. The van der Waals surface area contributed by atoms with Crippen molar-refractivity contribution in [3.05, 3.63) is 72.9 Å². The van der Waals surface area contributed by atoms with Crippen LogP contribution >= 0.6 is 0 Å². The molecule has 0 aromatic heterocycles. The van der Waals surface area contributed by atoms with Gasteiger partial charge in [0.1, 0.15) is 13.2 Å². The van der Waals surface area contributed by atoms with E-state index in [9.17, 15) is 14.4 Å². The lowest BCUT2D eigenvalue weighted by Gasteiger charge is -2.18. The summed E-state index contributed by atoms with van der Waals surface area (Å²) in [5.74, 6) is -0.930. The van der Waals surface area contributed by atoms with Gasteiger partial charge in [-0.05, 0) is 89.9 Å². The number of allylic oxidation sites excluding steroid dienone is 12. The highest BCUT2D eigenvalue weighted by molar-refractivity contribution is 5.71. The molecule has 6 nitrogen and oxygen atoms in total. The Labute approximate surface area is 382 Å². The average molecular weight is 865 g/mol. The Morgan fingerprint density at radius 1 is 0.339 bits per heavy atom. The van der Waals surface area contributed by atoms with Crippen molar-refractivity contribution in [3.8, 4) is 0 Å². The van der Waals surface area contributed by atoms with Gasteiger partial charge in [-0.15, -0.1) is 0 Å². The van der Waals surface area contributed by atoms with Gasteiger partial charge in [0, 0.05) is 19.3 Å². The van der Waals surface area contributed by atoms with Gasteiger partial charge in [0.15, 0.2) is 6.10 Å². The molecule has 0 amide bonds. The van der Waals surface area contributed by atoms with E-state index in [1.165, 1.54) is 109 Å². The number of esters is 3. The number of hydrogen-bond donors (Lipinski definition) is 0. The van der Waals surface area contributed by atoms with Crippen LogP contribution in [0.25, 0.3) is 0 Å². The molecule has 1 atom stereocenters. The Hall–Kier alpha value is -3.15. The van der Waals surface area contributed by atoms with Crippen molar-refractivity contribution in [1.29, 1.82) is 0 Å². The third-order valence-corrected chi connectivity index (χ3v) is 10.9. The topological polar surface area (TPSA) is 78.9 Å². The van der Waals surface area contributed by atoms with E-state index in [4.69, 9.17) is 14.2 Å². The highest BCUT2D eigenvalue weighted by Gasteiger charge is 2.19. The van der Waals surface area contributed by atoms with Crippen LogP contribution in [-0.4, -0.2) is 37.2 Å². The van der Waals surface area contributed by atoms with Gasteiger partial charge in [0.05, 0.1) is 0 Å². The first kappa shape index (κ1) is 58.9. The second kappa shape index (κ2) is 50.5. The number of carbonyl (C=O) groups is 3. The molecule has 0 saturated heterocycles.